The standard InChI is InChI=1S/C17H14Cl2FNO3/c18-14-6-3-12(7-15(14)19)8-17(23)24-10-16(22)21-9-11-1-4-13(20)5-2-11/h1-7H,8-10H2,(H,21,22). The number of amides is 1. The number of carbonyl (C=O) groups excluding carboxylic acids is 2. The first-order valence-electron chi connectivity index (χ1n) is 7.05. The number of halogens is 3. The van der Waals surface area contributed by atoms with Gasteiger partial charge in [0.05, 0.1) is 16.5 Å². The molecule has 0 saturated heterocycles. The Bertz CT molecular complexity index is 735. The van der Waals surface area contributed by atoms with E-state index >= 15 is 0 Å². The van der Waals surface area contributed by atoms with Crippen LogP contribution in [0.3, 0.4) is 0 Å². The predicted molar refractivity (Wildman–Crippen MR) is 89.4 cm³/mol. The highest BCUT2D eigenvalue weighted by atomic mass is 35.5. The summed E-state index contributed by atoms with van der Waals surface area (Å²) in [5, 5.41) is 3.32. The molecule has 7 heteroatoms. The molecule has 0 atom stereocenters. The van der Waals surface area contributed by atoms with Gasteiger partial charge in [0.25, 0.3) is 5.91 Å². The second-order valence-corrected chi connectivity index (χ2v) is 5.80. The number of hydrogen-bond acceptors (Lipinski definition) is 3. The van der Waals surface area contributed by atoms with Gasteiger partial charge in [-0.2, -0.15) is 0 Å². The third-order valence-corrected chi connectivity index (χ3v) is 3.84. The molecule has 2 rings (SSSR count). The van der Waals surface area contributed by atoms with Crippen LogP contribution in [0.2, 0.25) is 10.0 Å². The quantitative estimate of drug-likeness (QED) is 0.792. The smallest absolute Gasteiger partial charge is 0.310 e. The minimum absolute atomic E-state index is 0.0118. The zero-order valence-electron chi connectivity index (χ0n) is 12.5. The van der Waals surface area contributed by atoms with Gasteiger partial charge in [-0.3, -0.25) is 9.59 Å². The summed E-state index contributed by atoms with van der Waals surface area (Å²) in [5.41, 5.74) is 1.38. The van der Waals surface area contributed by atoms with E-state index in [0.717, 1.165) is 5.56 Å². The second-order valence-electron chi connectivity index (χ2n) is 4.99. The first kappa shape index (κ1) is 18.2. The highest BCUT2D eigenvalue weighted by Gasteiger charge is 2.10. The summed E-state index contributed by atoms with van der Waals surface area (Å²) >= 11 is 11.7. The number of hydrogen-bond donors (Lipinski definition) is 1. The van der Waals surface area contributed by atoms with Gasteiger partial charge in [0, 0.05) is 6.54 Å². The number of esters is 1. The molecule has 0 aliphatic rings. The monoisotopic (exact) mass is 369 g/mol. The zero-order chi connectivity index (χ0) is 17.5. The fourth-order valence-electron chi connectivity index (χ4n) is 1.87. The molecule has 0 saturated carbocycles. The van der Waals surface area contributed by atoms with Gasteiger partial charge in [0.2, 0.25) is 0 Å². The molecule has 0 aliphatic carbocycles. The van der Waals surface area contributed by atoms with Gasteiger partial charge in [-0.15, -0.1) is 0 Å². The maximum absolute atomic E-state index is 12.8. The summed E-state index contributed by atoms with van der Waals surface area (Å²) in [5.74, 6) is -1.34. The molecule has 1 amide bonds. The van der Waals surface area contributed by atoms with E-state index in [-0.39, 0.29) is 25.4 Å². The number of benzene rings is 2. The third kappa shape index (κ3) is 5.83. The van der Waals surface area contributed by atoms with Crippen LogP contribution in [0.15, 0.2) is 42.5 Å². The van der Waals surface area contributed by atoms with Crippen LogP contribution in [0.25, 0.3) is 0 Å². The first-order valence-corrected chi connectivity index (χ1v) is 7.80. The lowest BCUT2D eigenvalue weighted by atomic mass is 10.1. The highest BCUT2D eigenvalue weighted by Crippen LogP contribution is 2.22. The SMILES string of the molecule is O=C(COC(=O)Cc1ccc(Cl)c(Cl)c1)NCc1ccc(F)cc1. The normalized spacial score (nSPS) is 10.3. The molecule has 4 nitrogen and oxygen atoms in total. The van der Waals surface area contributed by atoms with Crippen molar-refractivity contribution in [3.8, 4) is 0 Å². The Morgan fingerprint density at radius 3 is 2.33 bits per heavy atom. The Hall–Kier alpha value is -2.11. The van der Waals surface area contributed by atoms with Crippen molar-refractivity contribution in [2.75, 3.05) is 6.61 Å². The van der Waals surface area contributed by atoms with Crippen LogP contribution in [-0.4, -0.2) is 18.5 Å². The minimum atomic E-state index is -0.551. The van der Waals surface area contributed by atoms with E-state index in [4.69, 9.17) is 27.9 Å². The van der Waals surface area contributed by atoms with Crippen molar-refractivity contribution in [2.45, 2.75) is 13.0 Å². The fraction of sp³-hybridized carbons (Fsp3) is 0.176. The molecule has 2 aromatic carbocycles. The van der Waals surface area contributed by atoms with Gasteiger partial charge >= 0.3 is 5.97 Å². The summed E-state index contributed by atoms with van der Waals surface area (Å²) in [6.07, 6.45) is -0.0118. The molecule has 0 aromatic heterocycles. The summed E-state index contributed by atoms with van der Waals surface area (Å²) < 4.78 is 17.7. The largest absolute Gasteiger partial charge is 0.455 e. The van der Waals surface area contributed by atoms with E-state index in [1.807, 2.05) is 0 Å². The first-order chi connectivity index (χ1) is 11.4. The second kappa shape index (κ2) is 8.66. The number of rotatable bonds is 6. The Morgan fingerprint density at radius 1 is 1.00 bits per heavy atom. The van der Waals surface area contributed by atoms with Gasteiger partial charge < -0.3 is 10.1 Å². The van der Waals surface area contributed by atoms with E-state index in [2.05, 4.69) is 5.32 Å². The van der Waals surface area contributed by atoms with Gasteiger partial charge in [-0.25, -0.2) is 4.39 Å². The Balaban J connectivity index is 1.73. The van der Waals surface area contributed by atoms with Crippen molar-refractivity contribution in [2.24, 2.45) is 0 Å². The van der Waals surface area contributed by atoms with Crippen LogP contribution in [0.5, 0.6) is 0 Å². The molecule has 24 heavy (non-hydrogen) atoms. The summed E-state index contributed by atoms with van der Waals surface area (Å²) in [7, 11) is 0. The van der Waals surface area contributed by atoms with E-state index in [0.29, 0.717) is 15.6 Å². The van der Waals surface area contributed by atoms with Crippen LogP contribution in [0, 0.1) is 5.82 Å². The van der Waals surface area contributed by atoms with Gasteiger partial charge in [0.15, 0.2) is 6.61 Å². The van der Waals surface area contributed by atoms with Crippen LogP contribution in [0.4, 0.5) is 4.39 Å². The highest BCUT2D eigenvalue weighted by molar-refractivity contribution is 6.42. The van der Waals surface area contributed by atoms with Crippen LogP contribution in [0.1, 0.15) is 11.1 Å². The molecule has 0 heterocycles. The van der Waals surface area contributed by atoms with E-state index in [1.165, 1.54) is 12.1 Å². The molecule has 1 N–H and O–H groups in total. The molecule has 0 spiro atoms. The lowest BCUT2D eigenvalue weighted by Crippen LogP contribution is -2.28. The number of ether oxygens (including phenoxy) is 1. The van der Waals surface area contributed by atoms with Crippen molar-refractivity contribution >= 4 is 35.1 Å². The molecule has 0 radical (unpaired) electrons. The molecule has 0 bridgehead atoms. The summed E-state index contributed by atoms with van der Waals surface area (Å²) in [6.45, 7) is -0.162. The lowest BCUT2D eigenvalue weighted by molar-refractivity contribution is -0.147. The molecular weight excluding hydrogens is 356 g/mol. The summed E-state index contributed by atoms with van der Waals surface area (Å²) in [4.78, 5) is 23.3. The summed E-state index contributed by atoms with van der Waals surface area (Å²) in [6, 6.07) is 10.5. The van der Waals surface area contributed by atoms with Gasteiger partial charge in [-0.05, 0) is 35.4 Å². The molecule has 0 aliphatic heterocycles. The maximum atomic E-state index is 12.8. The average molecular weight is 370 g/mol. The van der Waals surface area contributed by atoms with Crippen LogP contribution >= 0.6 is 23.2 Å². The van der Waals surface area contributed by atoms with Crippen molar-refractivity contribution in [3.05, 3.63) is 69.5 Å². The molecule has 0 unspecified atom stereocenters. The van der Waals surface area contributed by atoms with Crippen molar-refractivity contribution in [1.82, 2.24) is 5.32 Å². The average Bonchev–Trinajstić information content (AvgIpc) is 2.56. The van der Waals surface area contributed by atoms with Crippen molar-refractivity contribution < 1.29 is 18.7 Å². The van der Waals surface area contributed by atoms with Crippen molar-refractivity contribution in [3.63, 3.8) is 0 Å². The molecular formula is C17H14Cl2FNO3. The number of carbonyl (C=O) groups is 2. The van der Waals surface area contributed by atoms with E-state index < -0.39 is 11.9 Å². The molecule has 126 valence electrons. The topological polar surface area (TPSA) is 55.4 Å². The number of nitrogens with one attached hydrogen (secondary N) is 1. The lowest BCUT2D eigenvalue weighted by Gasteiger charge is -2.07. The Kier molecular flexibility index (Phi) is 6.58. The fourth-order valence-corrected chi connectivity index (χ4v) is 2.19. The predicted octanol–water partition coefficient (Wildman–Crippen LogP) is 3.53. The van der Waals surface area contributed by atoms with Crippen LogP contribution in [-0.2, 0) is 27.3 Å². The maximum Gasteiger partial charge on any atom is 0.310 e. The Morgan fingerprint density at radius 2 is 1.67 bits per heavy atom. The van der Waals surface area contributed by atoms with Gasteiger partial charge in [0.1, 0.15) is 5.82 Å². The van der Waals surface area contributed by atoms with Gasteiger partial charge in [-0.1, -0.05) is 41.4 Å². The van der Waals surface area contributed by atoms with E-state index in [9.17, 15) is 14.0 Å². The minimum Gasteiger partial charge on any atom is -0.455 e. The van der Waals surface area contributed by atoms with Crippen molar-refractivity contribution in [1.29, 1.82) is 0 Å². The van der Waals surface area contributed by atoms with Crippen LogP contribution < -0.4 is 5.32 Å². The molecule has 0 fully saturated rings. The Labute approximate surface area is 148 Å². The third-order valence-electron chi connectivity index (χ3n) is 3.10. The zero-order valence-corrected chi connectivity index (χ0v) is 14.0. The van der Waals surface area contributed by atoms with E-state index in [1.54, 1.807) is 30.3 Å². The molecule has 2 aromatic rings.